The van der Waals surface area contributed by atoms with E-state index in [-0.39, 0.29) is 11.8 Å². The molecule has 1 aliphatic heterocycles. The first-order chi connectivity index (χ1) is 10.6. The first-order valence-corrected chi connectivity index (χ1v) is 8.62. The van der Waals surface area contributed by atoms with Gasteiger partial charge < -0.3 is 10.0 Å². The van der Waals surface area contributed by atoms with Gasteiger partial charge in [-0.1, -0.05) is 29.8 Å². The van der Waals surface area contributed by atoms with E-state index in [2.05, 4.69) is 36.1 Å². The second-order valence-corrected chi connectivity index (χ2v) is 7.77. The Bertz CT molecular complexity index is 557. The monoisotopic (exact) mass is 299 g/mol. The standard InChI is InChI=1S/C19H25NO2/c1-12-2-4-14(5-3-12)17-10-20(11-18(17)19(21)22)9-13-6-15-8-16(15)7-13/h2-5,13,15-18H,6-11H2,1H3,(H,21,22)/t13?,15?,16?,17-,18+/m0/s1. The summed E-state index contributed by atoms with van der Waals surface area (Å²) in [5.41, 5.74) is 2.42. The summed E-state index contributed by atoms with van der Waals surface area (Å²) in [6.45, 7) is 4.82. The number of hydrogen-bond donors (Lipinski definition) is 1. The molecule has 3 heteroatoms. The molecule has 3 aliphatic rings. The van der Waals surface area contributed by atoms with Crippen molar-refractivity contribution in [3.8, 4) is 0 Å². The third-order valence-corrected chi connectivity index (χ3v) is 6.08. The molecule has 1 aromatic rings. The topological polar surface area (TPSA) is 40.5 Å². The number of carboxylic acids is 1. The maximum atomic E-state index is 11.7. The number of benzene rings is 1. The van der Waals surface area contributed by atoms with Crippen LogP contribution in [0.2, 0.25) is 0 Å². The summed E-state index contributed by atoms with van der Waals surface area (Å²) in [6.07, 6.45) is 4.22. The maximum Gasteiger partial charge on any atom is 0.308 e. The van der Waals surface area contributed by atoms with E-state index in [4.69, 9.17) is 0 Å². The van der Waals surface area contributed by atoms with Gasteiger partial charge in [-0.25, -0.2) is 0 Å². The average Bonchev–Trinajstić information content (AvgIpc) is 2.92. The highest BCUT2D eigenvalue weighted by Crippen LogP contribution is 2.54. The molecular formula is C19H25NO2. The molecule has 0 radical (unpaired) electrons. The summed E-state index contributed by atoms with van der Waals surface area (Å²) in [7, 11) is 0. The Balaban J connectivity index is 1.45. The molecule has 0 spiro atoms. The molecule has 2 saturated carbocycles. The molecule has 118 valence electrons. The molecule has 1 N–H and O–H groups in total. The first-order valence-electron chi connectivity index (χ1n) is 8.62. The predicted octanol–water partition coefficient (Wildman–Crippen LogP) is 3.14. The van der Waals surface area contributed by atoms with E-state index < -0.39 is 5.97 Å². The molecule has 1 heterocycles. The van der Waals surface area contributed by atoms with Crippen LogP contribution in [0.1, 0.15) is 36.3 Å². The van der Waals surface area contributed by atoms with Crippen molar-refractivity contribution in [1.82, 2.24) is 4.90 Å². The molecule has 4 atom stereocenters. The lowest BCUT2D eigenvalue weighted by molar-refractivity contribution is -0.141. The summed E-state index contributed by atoms with van der Waals surface area (Å²) in [5.74, 6) is 2.09. The van der Waals surface area contributed by atoms with Gasteiger partial charge in [0.1, 0.15) is 0 Å². The molecule has 3 fully saturated rings. The Morgan fingerprint density at radius 2 is 1.82 bits per heavy atom. The highest BCUT2D eigenvalue weighted by atomic mass is 16.4. The van der Waals surface area contributed by atoms with Crippen molar-refractivity contribution in [2.45, 2.75) is 32.1 Å². The molecule has 0 amide bonds. The third-order valence-electron chi connectivity index (χ3n) is 6.08. The zero-order valence-electron chi connectivity index (χ0n) is 13.2. The molecule has 3 nitrogen and oxygen atoms in total. The van der Waals surface area contributed by atoms with Crippen LogP contribution >= 0.6 is 0 Å². The Morgan fingerprint density at radius 3 is 2.45 bits per heavy atom. The van der Waals surface area contributed by atoms with Gasteiger partial charge in [0.05, 0.1) is 5.92 Å². The Morgan fingerprint density at radius 1 is 1.14 bits per heavy atom. The number of aliphatic carboxylic acids is 1. The van der Waals surface area contributed by atoms with Crippen molar-refractivity contribution in [3.05, 3.63) is 35.4 Å². The van der Waals surface area contributed by atoms with Gasteiger partial charge in [-0.2, -0.15) is 0 Å². The van der Waals surface area contributed by atoms with E-state index in [1.54, 1.807) is 0 Å². The lowest BCUT2D eigenvalue weighted by atomic mass is 9.89. The van der Waals surface area contributed by atoms with E-state index in [9.17, 15) is 9.90 Å². The van der Waals surface area contributed by atoms with Crippen LogP contribution in [0.5, 0.6) is 0 Å². The highest BCUT2D eigenvalue weighted by Gasteiger charge is 2.47. The van der Waals surface area contributed by atoms with Gasteiger partial charge in [0.2, 0.25) is 0 Å². The number of carboxylic acid groups (broad SMARTS) is 1. The smallest absolute Gasteiger partial charge is 0.308 e. The number of likely N-dealkylation sites (tertiary alicyclic amines) is 1. The quantitative estimate of drug-likeness (QED) is 0.928. The SMILES string of the molecule is Cc1ccc([C@@H]2CN(CC3CC4CC4C3)C[C@H]2C(=O)O)cc1. The lowest BCUT2D eigenvalue weighted by Crippen LogP contribution is -2.28. The fourth-order valence-electron chi connectivity index (χ4n) is 4.79. The van der Waals surface area contributed by atoms with Gasteiger partial charge in [-0.3, -0.25) is 4.79 Å². The number of aryl methyl sites for hydroxylation is 1. The first kappa shape index (κ1) is 14.3. The molecule has 0 bridgehead atoms. The van der Waals surface area contributed by atoms with Crippen LogP contribution in [0.25, 0.3) is 0 Å². The van der Waals surface area contributed by atoms with Crippen molar-refractivity contribution in [1.29, 1.82) is 0 Å². The van der Waals surface area contributed by atoms with Gasteiger partial charge in [-0.05, 0) is 49.5 Å². The summed E-state index contributed by atoms with van der Waals surface area (Å²) in [6, 6.07) is 8.43. The van der Waals surface area contributed by atoms with Crippen LogP contribution < -0.4 is 0 Å². The van der Waals surface area contributed by atoms with E-state index >= 15 is 0 Å². The Kier molecular flexibility index (Phi) is 3.48. The van der Waals surface area contributed by atoms with E-state index in [0.29, 0.717) is 0 Å². The third kappa shape index (κ3) is 2.67. The second kappa shape index (κ2) is 5.38. The van der Waals surface area contributed by atoms with Crippen molar-refractivity contribution >= 4 is 5.97 Å². The van der Waals surface area contributed by atoms with E-state index in [0.717, 1.165) is 37.4 Å². The van der Waals surface area contributed by atoms with Crippen LogP contribution in [-0.4, -0.2) is 35.6 Å². The van der Waals surface area contributed by atoms with Crippen LogP contribution in [0.15, 0.2) is 24.3 Å². The number of rotatable bonds is 4. The van der Waals surface area contributed by atoms with Crippen LogP contribution in [0.4, 0.5) is 0 Å². The lowest BCUT2D eigenvalue weighted by Gasteiger charge is -2.21. The normalized spacial score (nSPS) is 37.2. The molecule has 2 aliphatic carbocycles. The zero-order chi connectivity index (χ0) is 15.3. The molecule has 22 heavy (non-hydrogen) atoms. The van der Waals surface area contributed by atoms with Gasteiger partial charge >= 0.3 is 5.97 Å². The average molecular weight is 299 g/mol. The molecule has 1 aromatic carbocycles. The molecule has 4 rings (SSSR count). The van der Waals surface area contributed by atoms with Crippen molar-refractivity contribution < 1.29 is 9.90 Å². The zero-order valence-corrected chi connectivity index (χ0v) is 13.2. The van der Waals surface area contributed by atoms with Crippen LogP contribution in [-0.2, 0) is 4.79 Å². The minimum atomic E-state index is -0.637. The summed E-state index contributed by atoms with van der Waals surface area (Å²) in [5, 5.41) is 9.60. The van der Waals surface area contributed by atoms with Crippen LogP contribution in [0, 0.1) is 30.6 Å². The minimum absolute atomic E-state index is 0.147. The van der Waals surface area contributed by atoms with Crippen molar-refractivity contribution in [2.24, 2.45) is 23.7 Å². The number of fused-ring (bicyclic) bond motifs is 1. The van der Waals surface area contributed by atoms with Crippen molar-refractivity contribution in [2.75, 3.05) is 19.6 Å². The molecule has 2 unspecified atom stereocenters. The van der Waals surface area contributed by atoms with Gasteiger partial charge in [0.15, 0.2) is 0 Å². The predicted molar refractivity (Wildman–Crippen MR) is 85.8 cm³/mol. The minimum Gasteiger partial charge on any atom is -0.481 e. The molecule has 0 aromatic heterocycles. The van der Waals surface area contributed by atoms with E-state index in [1.807, 2.05) is 0 Å². The Hall–Kier alpha value is -1.35. The fourth-order valence-corrected chi connectivity index (χ4v) is 4.79. The van der Waals surface area contributed by atoms with Crippen LogP contribution in [0.3, 0.4) is 0 Å². The largest absolute Gasteiger partial charge is 0.481 e. The van der Waals surface area contributed by atoms with Crippen molar-refractivity contribution in [3.63, 3.8) is 0 Å². The fraction of sp³-hybridized carbons (Fsp3) is 0.632. The second-order valence-electron chi connectivity index (χ2n) is 7.77. The molecule has 1 saturated heterocycles. The highest BCUT2D eigenvalue weighted by molar-refractivity contribution is 5.72. The summed E-state index contributed by atoms with van der Waals surface area (Å²) >= 11 is 0. The van der Waals surface area contributed by atoms with Gasteiger partial charge in [0.25, 0.3) is 0 Å². The number of nitrogens with zero attached hydrogens (tertiary/aromatic N) is 1. The van der Waals surface area contributed by atoms with E-state index in [1.165, 1.54) is 30.4 Å². The summed E-state index contributed by atoms with van der Waals surface area (Å²) < 4.78 is 0. The number of hydrogen-bond acceptors (Lipinski definition) is 2. The number of carbonyl (C=O) groups is 1. The maximum absolute atomic E-state index is 11.7. The Labute approximate surface area is 132 Å². The summed E-state index contributed by atoms with van der Waals surface area (Å²) in [4.78, 5) is 14.1. The molecular weight excluding hydrogens is 274 g/mol. The van der Waals surface area contributed by atoms with Gasteiger partial charge in [-0.15, -0.1) is 0 Å². The van der Waals surface area contributed by atoms with Gasteiger partial charge in [0, 0.05) is 25.6 Å².